The number of esters is 2. The summed E-state index contributed by atoms with van der Waals surface area (Å²) < 4.78 is 15.4. The van der Waals surface area contributed by atoms with Gasteiger partial charge in [0.1, 0.15) is 6.61 Å². The summed E-state index contributed by atoms with van der Waals surface area (Å²) in [5, 5.41) is 2.79. The van der Waals surface area contributed by atoms with Gasteiger partial charge in [-0.3, -0.25) is 4.79 Å². The van der Waals surface area contributed by atoms with E-state index in [1.54, 1.807) is 24.3 Å². The molecule has 1 aliphatic rings. The Labute approximate surface area is 205 Å². The van der Waals surface area contributed by atoms with Crippen LogP contribution in [0.4, 0.5) is 4.79 Å². The summed E-state index contributed by atoms with van der Waals surface area (Å²) in [5.41, 5.74) is 7.75. The van der Waals surface area contributed by atoms with Gasteiger partial charge in [-0.25, -0.2) is 9.59 Å². The Morgan fingerprint density at radius 3 is 2.18 bits per heavy atom. The average molecular weight is 491 g/mol. The predicted octanol–water partition coefficient (Wildman–Crippen LogP) is 3.96. The smallest absolute Gasteiger partial charge is 0.407 e. The fourth-order valence-corrected chi connectivity index (χ4v) is 3.72. The summed E-state index contributed by atoms with van der Waals surface area (Å²) in [4.78, 5) is 36.2. The van der Waals surface area contributed by atoms with Crippen LogP contribution in [0.2, 0.25) is 0 Å². The summed E-state index contributed by atoms with van der Waals surface area (Å²) >= 11 is 0. The molecule has 2 aromatic rings. The molecule has 34 heavy (non-hydrogen) atoms. The van der Waals surface area contributed by atoms with Gasteiger partial charge in [-0.05, 0) is 54.9 Å². The predicted molar refractivity (Wildman–Crippen MR) is 128 cm³/mol. The number of alkyl carbamates (subject to hydrolysis) is 1. The van der Waals surface area contributed by atoms with E-state index < -0.39 is 18.9 Å². The lowest BCUT2D eigenvalue weighted by Gasteiger charge is -2.27. The lowest BCUT2D eigenvalue weighted by molar-refractivity contribution is -0.158. The monoisotopic (exact) mass is 490 g/mol. The van der Waals surface area contributed by atoms with Crippen molar-refractivity contribution in [2.45, 2.75) is 38.8 Å². The molecule has 0 atom stereocenters. The Hall–Kier alpha value is -3.10. The van der Waals surface area contributed by atoms with Crippen LogP contribution in [0.15, 0.2) is 54.6 Å². The Kier molecular flexibility index (Phi) is 11.4. The van der Waals surface area contributed by atoms with Crippen molar-refractivity contribution in [2.75, 3.05) is 13.3 Å². The molecule has 3 rings (SSSR count). The molecule has 1 fully saturated rings. The van der Waals surface area contributed by atoms with Crippen molar-refractivity contribution in [3.63, 3.8) is 0 Å². The van der Waals surface area contributed by atoms with Gasteiger partial charge in [0.15, 0.2) is 0 Å². The van der Waals surface area contributed by atoms with Crippen LogP contribution in [0.1, 0.15) is 47.2 Å². The molecule has 0 radical (unpaired) electrons. The summed E-state index contributed by atoms with van der Waals surface area (Å²) in [6, 6.07) is 16.2. The number of rotatable bonds is 9. The molecule has 3 N–H and O–H groups in total. The number of nitrogens with two attached hydrogens (primary N) is 1. The van der Waals surface area contributed by atoms with Gasteiger partial charge in [-0.1, -0.05) is 42.5 Å². The van der Waals surface area contributed by atoms with Crippen LogP contribution >= 0.6 is 12.4 Å². The van der Waals surface area contributed by atoms with Crippen LogP contribution in [-0.2, 0) is 32.2 Å². The fourth-order valence-electron chi connectivity index (χ4n) is 3.72. The Morgan fingerprint density at radius 1 is 0.853 bits per heavy atom. The number of hydrogen-bond donors (Lipinski definition) is 2. The van der Waals surface area contributed by atoms with E-state index in [1.165, 1.54) is 0 Å². The van der Waals surface area contributed by atoms with Gasteiger partial charge >= 0.3 is 18.0 Å². The molecule has 0 unspecified atom stereocenters. The molecule has 2 aromatic carbocycles. The van der Waals surface area contributed by atoms with Crippen LogP contribution in [0, 0.1) is 11.8 Å². The van der Waals surface area contributed by atoms with Gasteiger partial charge in [0.2, 0.25) is 6.79 Å². The third-order valence-electron chi connectivity index (χ3n) is 5.74. The van der Waals surface area contributed by atoms with Gasteiger partial charge in [-0.15, -0.1) is 12.4 Å². The highest BCUT2D eigenvalue weighted by molar-refractivity contribution is 5.89. The lowest BCUT2D eigenvalue weighted by Crippen LogP contribution is -2.33. The second kappa shape index (κ2) is 14.2. The van der Waals surface area contributed by atoms with Crippen molar-refractivity contribution in [3.8, 4) is 0 Å². The highest BCUT2D eigenvalue weighted by Gasteiger charge is 2.28. The van der Waals surface area contributed by atoms with Crippen molar-refractivity contribution >= 4 is 30.4 Å². The van der Waals surface area contributed by atoms with E-state index in [0.717, 1.165) is 24.0 Å². The standard InChI is InChI=1S/C25H30N2O6.ClH/c26-14-18-6-10-21(11-7-18)23(28)32-17-33-24(29)22-12-8-19(9-13-22)15-27-25(30)31-16-20-4-2-1-3-5-20;/h1-7,10-11,19,22H,8-9,12-17,26H2,(H,27,30);1H. The molecule has 0 heterocycles. The first kappa shape index (κ1) is 27.1. The topological polar surface area (TPSA) is 117 Å². The number of amides is 1. The summed E-state index contributed by atoms with van der Waals surface area (Å²) in [7, 11) is 0. The van der Waals surface area contributed by atoms with Crippen molar-refractivity contribution in [2.24, 2.45) is 17.6 Å². The Balaban J connectivity index is 0.00000408. The van der Waals surface area contributed by atoms with E-state index in [-0.39, 0.29) is 36.8 Å². The summed E-state index contributed by atoms with van der Waals surface area (Å²) in [5.74, 6) is -0.864. The first-order valence-electron chi connectivity index (χ1n) is 11.1. The normalized spacial score (nSPS) is 17.1. The van der Waals surface area contributed by atoms with Crippen molar-refractivity contribution in [1.82, 2.24) is 5.32 Å². The molecule has 9 heteroatoms. The summed E-state index contributed by atoms with van der Waals surface area (Å²) in [6.07, 6.45) is 2.48. The van der Waals surface area contributed by atoms with Crippen LogP contribution < -0.4 is 11.1 Å². The van der Waals surface area contributed by atoms with Crippen molar-refractivity contribution < 1.29 is 28.6 Å². The molecule has 1 amide bonds. The molecule has 0 spiro atoms. The van der Waals surface area contributed by atoms with E-state index in [1.807, 2.05) is 30.3 Å². The Bertz CT molecular complexity index is 915. The average Bonchev–Trinajstić information content (AvgIpc) is 2.87. The number of carbonyl (C=O) groups is 3. The largest absolute Gasteiger partial charge is 0.445 e. The van der Waals surface area contributed by atoms with E-state index in [2.05, 4.69) is 5.32 Å². The quantitative estimate of drug-likeness (QED) is 0.403. The molecule has 8 nitrogen and oxygen atoms in total. The number of benzene rings is 2. The maximum Gasteiger partial charge on any atom is 0.407 e. The molecule has 0 bridgehead atoms. The summed E-state index contributed by atoms with van der Waals surface area (Å²) in [6.45, 7) is 0.722. The minimum atomic E-state index is -0.555. The molecular weight excluding hydrogens is 460 g/mol. The van der Waals surface area contributed by atoms with Crippen LogP contribution in [0.3, 0.4) is 0 Å². The van der Waals surface area contributed by atoms with E-state index >= 15 is 0 Å². The minimum absolute atomic E-state index is 0. The zero-order chi connectivity index (χ0) is 23.5. The zero-order valence-electron chi connectivity index (χ0n) is 18.9. The second-order valence-corrected chi connectivity index (χ2v) is 8.07. The molecule has 1 saturated carbocycles. The van der Waals surface area contributed by atoms with Gasteiger partial charge < -0.3 is 25.3 Å². The van der Waals surface area contributed by atoms with Crippen LogP contribution in [-0.4, -0.2) is 31.4 Å². The molecular formula is C25H31ClN2O6. The highest BCUT2D eigenvalue weighted by atomic mass is 35.5. The molecule has 184 valence electrons. The van der Waals surface area contributed by atoms with E-state index in [9.17, 15) is 14.4 Å². The first-order chi connectivity index (χ1) is 16.0. The lowest BCUT2D eigenvalue weighted by atomic mass is 9.82. The maximum absolute atomic E-state index is 12.3. The van der Waals surface area contributed by atoms with Crippen molar-refractivity contribution in [3.05, 3.63) is 71.3 Å². The van der Waals surface area contributed by atoms with Crippen molar-refractivity contribution in [1.29, 1.82) is 0 Å². The van der Waals surface area contributed by atoms with Gasteiger partial charge in [0, 0.05) is 13.1 Å². The maximum atomic E-state index is 12.3. The van der Waals surface area contributed by atoms with Crippen LogP contribution in [0.5, 0.6) is 0 Å². The Morgan fingerprint density at radius 2 is 1.53 bits per heavy atom. The van der Waals surface area contributed by atoms with Gasteiger partial charge in [0.25, 0.3) is 0 Å². The highest BCUT2D eigenvalue weighted by Crippen LogP contribution is 2.29. The molecule has 0 aromatic heterocycles. The van der Waals surface area contributed by atoms with E-state index in [0.29, 0.717) is 31.5 Å². The number of nitrogens with one attached hydrogen (secondary N) is 1. The molecule has 0 saturated heterocycles. The third-order valence-corrected chi connectivity index (χ3v) is 5.74. The first-order valence-corrected chi connectivity index (χ1v) is 11.1. The third kappa shape index (κ3) is 8.68. The number of halogens is 1. The SMILES string of the molecule is Cl.NCc1ccc(C(=O)OCOC(=O)C2CCC(CNC(=O)OCc3ccccc3)CC2)cc1. The van der Waals surface area contributed by atoms with Gasteiger partial charge in [-0.2, -0.15) is 0 Å². The molecule has 0 aliphatic heterocycles. The fraction of sp³-hybridized carbons (Fsp3) is 0.400. The number of carbonyl (C=O) groups excluding carboxylic acids is 3. The zero-order valence-corrected chi connectivity index (χ0v) is 19.8. The number of hydrogen-bond acceptors (Lipinski definition) is 7. The molecule has 1 aliphatic carbocycles. The minimum Gasteiger partial charge on any atom is -0.445 e. The van der Waals surface area contributed by atoms with E-state index in [4.69, 9.17) is 19.9 Å². The number of ether oxygens (including phenoxy) is 3. The van der Waals surface area contributed by atoms with Crippen LogP contribution in [0.25, 0.3) is 0 Å². The van der Waals surface area contributed by atoms with Gasteiger partial charge in [0.05, 0.1) is 11.5 Å². The second-order valence-electron chi connectivity index (χ2n) is 8.07.